The van der Waals surface area contributed by atoms with Gasteiger partial charge < -0.3 is 14.8 Å². The molecule has 0 aliphatic carbocycles. The molecule has 0 bridgehead atoms. The van der Waals surface area contributed by atoms with E-state index in [1.165, 1.54) is 0 Å². The van der Waals surface area contributed by atoms with Crippen LogP contribution in [-0.4, -0.2) is 17.7 Å². The van der Waals surface area contributed by atoms with Crippen molar-refractivity contribution in [2.75, 3.05) is 6.61 Å². The van der Waals surface area contributed by atoms with Crippen LogP contribution in [0.3, 0.4) is 0 Å². The quantitative estimate of drug-likeness (QED) is 0.774. The summed E-state index contributed by atoms with van der Waals surface area (Å²) in [5, 5.41) is 10.1. The first-order valence-corrected chi connectivity index (χ1v) is 8.70. The highest BCUT2D eigenvalue weighted by atomic mass is 32.2. The van der Waals surface area contributed by atoms with Crippen LogP contribution in [0.15, 0.2) is 53.4 Å². The van der Waals surface area contributed by atoms with Crippen LogP contribution in [0.2, 0.25) is 0 Å². The number of benzene rings is 2. The Bertz CT molecular complexity index is 819. The van der Waals surface area contributed by atoms with Crippen LogP contribution in [-0.2, 0) is 11.4 Å². The average molecular weight is 354 g/mol. The second kappa shape index (κ2) is 7.90. The van der Waals surface area contributed by atoms with E-state index in [4.69, 9.17) is 14.9 Å². The standard InChI is InChI=1S/C19H18N2O3S/c1-2-23-16-10-14(11-17-18(22)21-19(20)25-17)8-9-15(16)24-12-13-6-4-3-5-7-13/h3-11H,2,12H2,1H3,(H2,20,21,22)/b17-11+. The number of carbonyl (C=O) groups excluding carboxylic acids is 1. The first-order valence-electron chi connectivity index (χ1n) is 7.88. The first-order chi connectivity index (χ1) is 12.2. The van der Waals surface area contributed by atoms with E-state index in [1.54, 1.807) is 6.08 Å². The molecule has 25 heavy (non-hydrogen) atoms. The SMILES string of the molecule is CCOc1cc(/C=C2/SC(=N)NC2=O)ccc1OCc1ccccc1. The average Bonchev–Trinajstić information content (AvgIpc) is 2.92. The molecule has 1 aliphatic heterocycles. The Morgan fingerprint density at radius 2 is 1.92 bits per heavy atom. The molecule has 1 amide bonds. The summed E-state index contributed by atoms with van der Waals surface area (Å²) in [6.07, 6.45) is 1.74. The monoisotopic (exact) mass is 354 g/mol. The lowest BCUT2D eigenvalue weighted by Crippen LogP contribution is -2.18. The molecule has 2 aromatic carbocycles. The van der Waals surface area contributed by atoms with Gasteiger partial charge >= 0.3 is 0 Å². The zero-order valence-corrected chi connectivity index (χ0v) is 14.6. The maximum Gasteiger partial charge on any atom is 0.264 e. The molecule has 0 spiro atoms. The van der Waals surface area contributed by atoms with Gasteiger partial charge in [-0.25, -0.2) is 0 Å². The molecule has 3 rings (SSSR count). The Balaban J connectivity index is 1.79. The molecule has 5 nitrogen and oxygen atoms in total. The van der Waals surface area contributed by atoms with Crippen molar-refractivity contribution in [3.05, 3.63) is 64.6 Å². The van der Waals surface area contributed by atoms with Crippen molar-refractivity contribution < 1.29 is 14.3 Å². The van der Waals surface area contributed by atoms with Crippen molar-refractivity contribution in [1.29, 1.82) is 5.41 Å². The molecule has 128 valence electrons. The first kappa shape index (κ1) is 17.1. The van der Waals surface area contributed by atoms with E-state index in [0.717, 1.165) is 22.9 Å². The summed E-state index contributed by atoms with van der Waals surface area (Å²) < 4.78 is 11.5. The minimum absolute atomic E-state index is 0.143. The number of thioether (sulfide) groups is 1. The number of carbonyl (C=O) groups is 1. The van der Waals surface area contributed by atoms with Crippen molar-refractivity contribution in [2.24, 2.45) is 0 Å². The van der Waals surface area contributed by atoms with Gasteiger partial charge in [0.1, 0.15) is 6.61 Å². The highest BCUT2D eigenvalue weighted by Crippen LogP contribution is 2.32. The molecular formula is C19H18N2O3S. The Morgan fingerprint density at radius 1 is 1.12 bits per heavy atom. The van der Waals surface area contributed by atoms with Crippen LogP contribution >= 0.6 is 11.8 Å². The third-order valence-electron chi connectivity index (χ3n) is 3.47. The molecule has 1 heterocycles. The Labute approximate surface area is 150 Å². The van der Waals surface area contributed by atoms with Gasteiger partial charge in [-0.3, -0.25) is 10.2 Å². The lowest BCUT2D eigenvalue weighted by atomic mass is 10.2. The number of hydrogen-bond donors (Lipinski definition) is 2. The van der Waals surface area contributed by atoms with Crippen molar-refractivity contribution in [3.8, 4) is 11.5 Å². The Kier molecular flexibility index (Phi) is 5.40. The lowest BCUT2D eigenvalue weighted by Gasteiger charge is -2.13. The van der Waals surface area contributed by atoms with Gasteiger partial charge in [-0.05, 0) is 48.0 Å². The molecule has 2 N–H and O–H groups in total. The number of amides is 1. The van der Waals surface area contributed by atoms with Crippen LogP contribution < -0.4 is 14.8 Å². The summed E-state index contributed by atoms with van der Waals surface area (Å²) >= 11 is 1.11. The van der Waals surface area contributed by atoms with Crippen LogP contribution in [0.4, 0.5) is 0 Å². The summed E-state index contributed by atoms with van der Waals surface area (Å²) in [7, 11) is 0. The smallest absolute Gasteiger partial charge is 0.264 e. The van der Waals surface area contributed by atoms with Gasteiger partial charge in [0.25, 0.3) is 5.91 Å². The van der Waals surface area contributed by atoms with Crippen molar-refractivity contribution in [1.82, 2.24) is 5.32 Å². The minimum atomic E-state index is -0.252. The van der Waals surface area contributed by atoms with Crippen molar-refractivity contribution in [3.63, 3.8) is 0 Å². The highest BCUT2D eigenvalue weighted by molar-refractivity contribution is 8.18. The summed E-state index contributed by atoms with van der Waals surface area (Å²) in [6.45, 7) is 2.88. The maximum atomic E-state index is 11.7. The Hall–Kier alpha value is -2.73. The Morgan fingerprint density at radius 3 is 2.60 bits per heavy atom. The predicted octanol–water partition coefficient (Wildman–Crippen LogP) is 3.80. The van der Waals surface area contributed by atoms with Gasteiger partial charge in [-0.1, -0.05) is 36.4 Å². The fourth-order valence-electron chi connectivity index (χ4n) is 2.33. The second-order valence-corrected chi connectivity index (χ2v) is 6.36. The van der Waals surface area contributed by atoms with Gasteiger partial charge in [-0.2, -0.15) is 0 Å². The summed E-state index contributed by atoms with van der Waals surface area (Å²) in [4.78, 5) is 12.2. The zero-order valence-electron chi connectivity index (χ0n) is 13.7. The van der Waals surface area contributed by atoms with Gasteiger partial charge in [0, 0.05) is 0 Å². The summed E-state index contributed by atoms with van der Waals surface area (Å²) in [5.41, 5.74) is 1.90. The number of amidine groups is 1. The highest BCUT2D eigenvalue weighted by Gasteiger charge is 2.22. The van der Waals surface area contributed by atoms with Crippen LogP contribution in [0.1, 0.15) is 18.1 Å². The molecule has 0 radical (unpaired) electrons. The van der Waals surface area contributed by atoms with Crippen LogP contribution in [0, 0.1) is 5.41 Å². The molecule has 2 aromatic rings. The molecular weight excluding hydrogens is 336 g/mol. The third kappa shape index (κ3) is 4.42. The van der Waals surface area contributed by atoms with E-state index in [2.05, 4.69) is 5.32 Å². The molecule has 0 saturated carbocycles. The normalized spacial score (nSPS) is 15.3. The van der Waals surface area contributed by atoms with Crippen molar-refractivity contribution in [2.45, 2.75) is 13.5 Å². The lowest BCUT2D eigenvalue weighted by molar-refractivity contribution is -0.115. The van der Waals surface area contributed by atoms with Crippen LogP contribution in [0.5, 0.6) is 11.5 Å². The van der Waals surface area contributed by atoms with E-state index < -0.39 is 0 Å². The molecule has 0 atom stereocenters. The number of hydrogen-bond acceptors (Lipinski definition) is 5. The van der Waals surface area contributed by atoms with E-state index >= 15 is 0 Å². The molecule has 1 fully saturated rings. The van der Waals surface area contributed by atoms with Gasteiger partial charge in [0.15, 0.2) is 16.7 Å². The zero-order chi connectivity index (χ0) is 17.6. The number of nitrogens with one attached hydrogen (secondary N) is 2. The number of ether oxygens (including phenoxy) is 2. The predicted molar refractivity (Wildman–Crippen MR) is 99.8 cm³/mol. The fourth-order valence-corrected chi connectivity index (χ4v) is 3.03. The van der Waals surface area contributed by atoms with E-state index in [1.807, 2.05) is 55.5 Å². The topological polar surface area (TPSA) is 71.4 Å². The summed E-state index contributed by atoms with van der Waals surface area (Å²) in [5.74, 6) is 1.03. The number of rotatable bonds is 6. The largest absolute Gasteiger partial charge is 0.490 e. The minimum Gasteiger partial charge on any atom is -0.490 e. The summed E-state index contributed by atoms with van der Waals surface area (Å²) in [6, 6.07) is 15.5. The molecule has 1 aliphatic rings. The third-order valence-corrected chi connectivity index (χ3v) is 4.29. The van der Waals surface area contributed by atoms with Gasteiger partial charge in [0.2, 0.25) is 0 Å². The van der Waals surface area contributed by atoms with E-state index in [9.17, 15) is 4.79 Å². The second-order valence-electron chi connectivity index (χ2n) is 5.31. The van der Waals surface area contributed by atoms with E-state index in [0.29, 0.717) is 29.6 Å². The molecule has 0 unspecified atom stereocenters. The fraction of sp³-hybridized carbons (Fsp3) is 0.158. The molecule has 6 heteroatoms. The van der Waals surface area contributed by atoms with Gasteiger partial charge in [0.05, 0.1) is 11.5 Å². The molecule has 0 aromatic heterocycles. The van der Waals surface area contributed by atoms with E-state index in [-0.39, 0.29) is 11.1 Å². The van der Waals surface area contributed by atoms with Gasteiger partial charge in [-0.15, -0.1) is 0 Å². The maximum absolute atomic E-state index is 11.7. The van der Waals surface area contributed by atoms with Crippen molar-refractivity contribution >= 4 is 28.9 Å². The van der Waals surface area contributed by atoms with Crippen LogP contribution in [0.25, 0.3) is 6.08 Å². The molecule has 1 saturated heterocycles.